The topological polar surface area (TPSA) is 136 Å². The van der Waals surface area contributed by atoms with E-state index in [4.69, 9.17) is 9.47 Å². The molecule has 0 amide bonds. The highest BCUT2D eigenvalue weighted by Crippen LogP contribution is 2.38. The number of aliphatic hydroxyl groups excluding tert-OH is 1. The predicted molar refractivity (Wildman–Crippen MR) is 103 cm³/mol. The quantitative estimate of drug-likeness (QED) is 0.178. The third kappa shape index (κ3) is 4.24. The van der Waals surface area contributed by atoms with Gasteiger partial charge in [0, 0.05) is 17.6 Å². The van der Waals surface area contributed by atoms with Crippen LogP contribution in [0, 0.1) is 5.21 Å². The minimum absolute atomic E-state index is 0.167. The average Bonchev–Trinajstić information content (AvgIpc) is 3.12. The molecule has 1 fully saturated rings. The lowest BCUT2D eigenvalue weighted by molar-refractivity contribution is -0.877. The molecule has 1 saturated heterocycles. The highest BCUT2D eigenvalue weighted by molar-refractivity contribution is 5.87. The second-order valence-corrected chi connectivity index (χ2v) is 8.36. The van der Waals surface area contributed by atoms with Crippen molar-refractivity contribution in [3.63, 3.8) is 0 Å². The van der Waals surface area contributed by atoms with Crippen molar-refractivity contribution in [2.75, 3.05) is 19.7 Å². The molecule has 0 aromatic heterocycles. The molecule has 0 aromatic carbocycles. The number of esters is 2. The summed E-state index contributed by atoms with van der Waals surface area (Å²) in [6.07, 6.45) is 1.43. The SMILES string of the molecule is CC=C(C)C(=O)O[C@H]1CC[N+]2([O-])CC=C(COC(=O)C(O)([C@H](C)O)C(C)(C)O)[C@H]12. The zero-order valence-corrected chi connectivity index (χ0v) is 17.5. The van der Waals surface area contributed by atoms with Crippen molar-refractivity contribution in [2.24, 2.45) is 0 Å². The molecule has 0 spiro atoms. The molecule has 2 aliphatic heterocycles. The average molecular weight is 413 g/mol. The lowest BCUT2D eigenvalue weighted by Gasteiger charge is -2.41. The van der Waals surface area contributed by atoms with Crippen LogP contribution in [0.1, 0.15) is 41.0 Å². The van der Waals surface area contributed by atoms with Gasteiger partial charge in [-0.3, -0.25) is 0 Å². The van der Waals surface area contributed by atoms with Gasteiger partial charge in [-0.1, -0.05) is 6.08 Å². The van der Waals surface area contributed by atoms with Gasteiger partial charge in [0.15, 0.2) is 12.1 Å². The maximum atomic E-state index is 13.0. The minimum atomic E-state index is -2.54. The van der Waals surface area contributed by atoms with Crippen molar-refractivity contribution in [1.82, 2.24) is 0 Å². The normalized spacial score (nSPS) is 30.2. The number of hydrogen-bond donors (Lipinski definition) is 3. The Hall–Kier alpha value is -1.78. The number of hydrogen-bond acceptors (Lipinski definition) is 8. The number of carbonyl (C=O) groups is 2. The zero-order chi connectivity index (χ0) is 22.2. The number of ether oxygens (including phenoxy) is 2. The summed E-state index contributed by atoms with van der Waals surface area (Å²) in [7, 11) is 0. The van der Waals surface area contributed by atoms with Crippen molar-refractivity contribution in [1.29, 1.82) is 0 Å². The van der Waals surface area contributed by atoms with Crippen LogP contribution in [0.4, 0.5) is 0 Å². The Balaban J connectivity index is 2.13. The third-order valence-corrected chi connectivity index (χ3v) is 5.93. The maximum Gasteiger partial charge on any atom is 0.344 e. The van der Waals surface area contributed by atoms with E-state index in [9.17, 15) is 30.1 Å². The second kappa shape index (κ2) is 8.16. The van der Waals surface area contributed by atoms with Crippen molar-refractivity contribution < 1.29 is 39.0 Å². The van der Waals surface area contributed by atoms with E-state index in [1.165, 1.54) is 20.8 Å². The highest BCUT2D eigenvalue weighted by Gasteiger charge is 2.55. The summed E-state index contributed by atoms with van der Waals surface area (Å²) in [5, 5.41) is 43.5. The van der Waals surface area contributed by atoms with Crippen molar-refractivity contribution in [3.8, 4) is 0 Å². The maximum absolute atomic E-state index is 13.0. The van der Waals surface area contributed by atoms with Crippen LogP contribution in [0.3, 0.4) is 0 Å². The standard InChI is InChI=1S/C20H31NO8/c1-6-12(2)17(23)29-15-8-10-21(27)9-7-14(16(15)21)11-28-18(24)20(26,13(3)22)19(4,5)25/h6-7,13,15-16,22,25-26H,8-11H2,1-5H3/t13-,15-,16+,20?,21?/m0/s1. The predicted octanol–water partition coefficient (Wildman–Crippen LogP) is 0.317. The van der Waals surface area contributed by atoms with Gasteiger partial charge in [-0.2, -0.15) is 0 Å². The van der Waals surface area contributed by atoms with Crippen LogP contribution in [0.5, 0.6) is 0 Å². The van der Waals surface area contributed by atoms with Crippen LogP contribution < -0.4 is 0 Å². The molecule has 0 saturated carbocycles. The van der Waals surface area contributed by atoms with E-state index in [1.54, 1.807) is 26.0 Å². The summed E-state index contributed by atoms with van der Waals surface area (Å²) in [4.78, 5) is 24.6. The van der Waals surface area contributed by atoms with E-state index < -0.39 is 46.0 Å². The van der Waals surface area contributed by atoms with Gasteiger partial charge in [0.25, 0.3) is 0 Å². The number of hydroxylamine groups is 3. The first-order valence-corrected chi connectivity index (χ1v) is 9.68. The molecule has 2 rings (SSSR count). The van der Waals surface area contributed by atoms with Crippen LogP contribution in [0.2, 0.25) is 0 Å². The van der Waals surface area contributed by atoms with Crippen LogP contribution in [0.15, 0.2) is 23.3 Å². The summed E-state index contributed by atoms with van der Waals surface area (Å²) < 4.78 is 10.1. The largest absolute Gasteiger partial charge is 0.632 e. The first-order valence-electron chi connectivity index (χ1n) is 9.68. The van der Waals surface area contributed by atoms with Gasteiger partial charge in [0.2, 0.25) is 5.60 Å². The number of allylic oxidation sites excluding steroid dienone is 1. The van der Waals surface area contributed by atoms with Gasteiger partial charge in [0.1, 0.15) is 12.2 Å². The molecule has 0 radical (unpaired) electrons. The first-order chi connectivity index (χ1) is 13.3. The Kier molecular flexibility index (Phi) is 6.61. The molecule has 9 heteroatoms. The Bertz CT molecular complexity index is 722. The van der Waals surface area contributed by atoms with E-state index in [-0.39, 0.29) is 19.7 Å². The number of aliphatic hydroxyl groups is 3. The van der Waals surface area contributed by atoms with Crippen LogP contribution in [-0.2, 0) is 19.1 Å². The first kappa shape index (κ1) is 23.5. The summed E-state index contributed by atoms with van der Waals surface area (Å²) in [6.45, 7) is 7.00. The molecule has 5 atom stereocenters. The number of fused-ring (bicyclic) bond motifs is 1. The van der Waals surface area contributed by atoms with Crippen molar-refractivity contribution in [2.45, 2.75) is 70.5 Å². The number of nitrogens with zero attached hydrogens (tertiary/aromatic N) is 1. The molecule has 29 heavy (non-hydrogen) atoms. The second-order valence-electron chi connectivity index (χ2n) is 8.36. The molecule has 2 unspecified atom stereocenters. The van der Waals surface area contributed by atoms with Gasteiger partial charge in [-0.25, -0.2) is 9.59 Å². The van der Waals surface area contributed by atoms with Gasteiger partial charge in [-0.15, -0.1) is 0 Å². The van der Waals surface area contributed by atoms with Gasteiger partial charge in [-0.05, 0) is 40.7 Å². The fraction of sp³-hybridized carbons (Fsp3) is 0.700. The Morgan fingerprint density at radius 2 is 2.03 bits per heavy atom. The number of quaternary nitrogens is 1. The lowest BCUT2D eigenvalue weighted by atomic mass is 9.81. The van der Waals surface area contributed by atoms with Gasteiger partial charge >= 0.3 is 11.9 Å². The fourth-order valence-electron chi connectivity index (χ4n) is 3.89. The molecule has 0 aromatic rings. The van der Waals surface area contributed by atoms with Crippen molar-refractivity contribution >= 4 is 11.9 Å². The Morgan fingerprint density at radius 1 is 1.41 bits per heavy atom. The molecular weight excluding hydrogens is 382 g/mol. The van der Waals surface area contributed by atoms with E-state index in [0.717, 1.165) is 0 Å². The molecule has 3 N–H and O–H groups in total. The van der Waals surface area contributed by atoms with Crippen LogP contribution >= 0.6 is 0 Å². The summed E-state index contributed by atoms with van der Waals surface area (Å²) in [5.74, 6) is -1.70. The zero-order valence-electron chi connectivity index (χ0n) is 17.5. The van der Waals surface area contributed by atoms with Crippen LogP contribution in [0.25, 0.3) is 0 Å². The minimum Gasteiger partial charge on any atom is -0.632 e. The van der Waals surface area contributed by atoms with Crippen LogP contribution in [-0.4, -0.2) is 81.1 Å². The molecule has 2 heterocycles. The van der Waals surface area contributed by atoms with E-state index in [1.807, 2.05) is 0 Å². The van der Waals surface area contributed by atoms with Gasteiger partial charge in [0.05, 0.1) is 19.2 Å². The van der Waals surface area contributed by atoms with E-state index in [2.05, 4.69) is 0 Å². The molecule has 164 valence electrons. The monoisotopic (exact) mass is 413 g/mol. The Morgan fingerprint density at radius 3 is 2.55 bits per heavy atom. The lowest BCUT2D eigenvalue weighted by Crippen LogP contribution is -2.63. The Labute approximate surface area is 170 Å². The number of rotatable bonds is 7. The highest BCUT2D eigenvalue weighted by atomic mass is 16.6. The summed E-state index contributed by atoms with van der Waals surface area (Å²) in [6, 6.07) is -0.696. The third-order valence-electron chi connectivity index (χ3n) is 5.93. The molecular formula is C20H31NO8. The van der Waals surface area contributed by atoms with Crippen molar-refractivity contribution in [3.05, 3.63) is 28.5 Å². The summed E-state index contributed by atoms with van der Waals surface area (Å²) in [5.41, 5.74) is -3.58. The fourth-order valence-corrected chi connectivity index (χ4v) is 3.89. The molecule has 0 bridgehead atoms. The smallest absolute Gasteiger partial charge is 0.344 e. The van der Waals surface area contributed by atoms with Gasteiger partial charge < -0.3 is 34.6 Å². The number of carbonyl (C=O) groups excluding carboxylic acids is 2. The van der Waals surface area contributed by atoms with E-state index >= 15 is 0 Å². The summed E-state index contributed by atoms with van der Waals surface area (Å²) >= 11 is 0. The molecule has 9 nitrogen and oxygen atoms in total. The molecule has 0 aliphatic carbocycles. The molecule has 2 aliphatic rings. The van der Waals surface area contributed by atoms with E-state index in [0.29, 0.717) is 17.6 Å².